The van der Waals surface area contributed by atoms with Crippen molar-refractivity contribution in [3.8, 4) is 11.5 Å². The SMILES string of the molecule is COc1ccc(OC)c(S(=O)(=O)N2CCN(C(=O)C3CCC3)CC2)c1. The summed E-state index contributed by atoms with van der Waals surface area (Å²) >= 11 is 0. The van der Waals surface area contributed by atoms with Gasteiger partial charge in [0.05, 0.1) is 14.2 Å². The molecule has 0 atom stereocenters. The molecule has 25 heavy (non-hydrogen) atoms. The number of carbonyl (C=O) groups is 1. The Morgan fingerprint density at radius 3 is 2.28 bits per heavy atom. The second-order valence-electron chi connectivity index (χ2n) is 6.37. The Hall–Kier alpha value is -1.80. The zero-order chi connectivity index (χ0) is 18.0. The first-order valence-corrected chi connectivity index (χ1v) is 9.92. The topological polar surface area (TPSA) is 76.2 Å². The fraction of sp³-hybridized carbons (Fsp3) is 0.588. The molecule has 2 aliphatic rings. The molecule has 0 spiro atoms. The number of methoxy groups -OCH3 is 2. The van der Waals surface area contributed by atoms with Crippen LogP contribution in [0, 0.1) is 5.92 Å². The van der Waals surface area contributed by atoms with Crippen molar-refractivity contribution >= 4 is 15.9 Å². The van der Waals surface area contributed by atoms with Crippen LogP contribution in [0.5, 0.6) is 11.5 Å². The third-order valence-corrected chi connectivity index (χ3v) is 6.91. The van der Waals surface area contributed by atoms with E-state index in [9.17, 15) is 13.2 Å². The molecule has 1 aliphatic heterocycles. The predicted octanol–water partition coefficient (Wildman–Crippen LogP) is 1.34. The monoisotopic (exact) mass is 368 g/mol. The molecule has 138 valence electrons. The molecule has 1 heterocycles. The molecule has 0 aromatic heterocycles. The number of carbonyl (C=O) groups excluding carboxylic acids is 1. The molecule has 0 unspecified atom stereocenters. The molecule has 8 heteroatoms. The molecule has 1 aromatic rings. The van der Waals surface area contributed by atoms with Crippen LogP contribution >= 0.6 is 0 Å². The van der Waals surface area contributed by atoms with Crippen molar-refractivity contribution in [1.29, 1.82) is 0 Å². The van der Waals surface area contributed by atoms with Gasteiger partial charge in [-0.25, -0.2) is 8.42 Å². The summed E-state index contributed by atoms with van der Waals surface area (Å²) < 4.78 is 37.8. The van der Waals surface area contributed by atoms with Crippen LogP contribution in [0.15, 0.2) is 23.1 Å². The molecule has 0 radical (unpaired) electrons. The molecule has 1 aromatic carbocycles. The fourth-order valence-electron chi connectivity index (χ4n) is 3.19. The van der Waals surface area contributed by atoms with Gasteiger partial charge in [-0.1, -0.05) is 6.42 Å². The highest BCUT2D eigenvalue weighted by atomic mass is 32.2. The van der Waals surface area contributed by atoms with Crippen molar-refractivity contribution in [2.75, 3.05) is 40.4 Å². The van der Waals surface area contributed by atoms with Gasteiger partial charge in [-0.2, -0.15) is 4.31 Å². The predicted molar refractivity (Wildman–Crippen MR) is 92.2 cm³/mol. The lowest BCUT2D eigenvalue weighted by Crippen LogP contribution is -2.52. The zero-order valence-electron chi connectivity index (χ0n) is 14.6. The third kappa shape index (κ3) is 3.46. The summed E-state index contributed by atoms with van der Waals surface area (Å²) in [7, 11) is -0.778. The van der Waals surface area contributed by atoms with Gasteiger partial charge in [0.15, 0.2) is 0 Å². The first kappa shape index (κ1) is 18.0. The minimum Gasteiger partial charge on any atom is -0.497 e. The first-order valence-electron chi connectivity index (χ1n) is 8.48. The van der Waals surface area contributed by atoms with Gasteiger partial charge in [-0.05, 0) is 25.0 Å². The third-order valence-electron chi connectivity index (χ3n) is 4.99. The lowest BCUT2D eigenvalue weighted by atomic mass is 9.84. The lowest BCUT2D eigenvalue weighted by Gasteiger charge is -2.37. The van der Waals surface area contributed by atoms with Crippen LogP contribution in [0.1, 0.15) is 19.3 Å². The lowest BCUT2D eigenvalue weighted by molar-refractivity contribution is -0.139. The van der Waals surface area contributed by atoms with Gasteiger partial charge < -0.3 is 14.4 Å². The van der Waals surface area contributed by atoms with Gasteiger partial charge in [0.1, 0.15) is 16.4 Å². The molecule has 1 saturated heterocycles. The van der Waals surface area contributed by atoms with Gasteiger partial charge in [-0.15, -0.1) is 0 Å². The van der Waals surface area contributed by atoms with E-state index in [1.807, 2.05) is 0 Å². The molecule has 1 saturated carbocycles. The fourth-order valence-corrected chi connectivity index (χ4v) is 4.78. The molecule has 3 rings (SSSR count). The minimum atomic E-state index is -3.71. The van der Waals surface area contributed by atoms with Crippen LogP contribution in [-0.2, 0) is 14.8 Å². The maximum atomic E-state index is 13.0. The first-order chi connectivity index (χ1) is 12.0. The number of ether oxygens (including phenoxy) is 2. The molecule has 0 N–H and O–H groups in total. The van der Waals surface area contributed by atoms with Crippen LogP contribution in [-0.4, -0.2) is 63.9 Å². The van der Waals surface area contributed by atoms with Crippen molar-refractivity contribution in [1.82, 2.24) is 9.21 Å². The number of nitrogens with zero attached hydrogens (tertiary/aromatic N) is 2. The van der Waals surface area contributed by atoms with E-state index < -0.39 is 10.0 Å². The van der Waals surface area contributed by atoms with E-state index in [4.69, 9.17) is 9.47 Å². The number of hydrogen-bond donors (Lipinski definition) is 0. The number of hydrogen-bond acceptors (Lipinski definition) is 5. The Morgan fingerprint density at radius 2 is 1.76 bits per heavy atom. The van der Waals surface area contributed by atoms with E-state index in [2.05, 4.69) is 0 Å². The van der Waals surface area contributed by atoms with Crippen LogP contribution in [0.4, 0.5) is 0 Å². The van der Waals surface area contributed by atoms with E-state index in [1.165, 1.54) is 24.6 Å². The van der Waals surface area contributed by atoms with Crippen LogP contribution in [0.2, 0.25) is 0 Å². The van der Waals surface area contributed by atoms with Crippen LogP contribution in [0.25, 0.3) is 0 Å². The Kier molecular flexibility index (Phi) is 5.19. The normalized spacial score (nSPS) is 19.4. The molecular weight excluding hydrogens is 344 g/mol. The smallest absolute Gasteiger partial charge is 0.247 e. The number of benzene rings is 1. The van der Waals surface area contributed by atoms with Gasteiger partial charge in [0.2, 0.25) is 15.9 Å². The summed E-state index contributed by atoms with van der Waals surface area (Å²) in [6.07, 6.45) is 3.02. The average molecular weight is 368 g/mol. The largest absolute Gasteiger partial charge is 0.497 e. The molecular formula is C17H24N2O5S. The molecule has 7 nitrogen and oxygen atoms in total. The summed E-state index contributed by atoms with van der Waals surface area (Å²) in [5, 5.41) is 0. The Labute approximate surface area is 148 Å². The van der Waals surface area contributed by atoms with Crippen molar-refractivity contribution < 1.29 is 22.7 Å². The minimum absolute atomic E-state index is 0.0909. The summed E-state index contributed by atoms with van der Waals surface area (Å²) in [6.45, 7) is 1.45. The number of amides is 1. The van der Waals surface area contributed by atoms with Crippen molar-refractivity contribution in [3.63, 3.8) is 0 Å². The zero-order valence-corrected chi connectivity index (χ0v) is 15.4. The van der Waals surface area contributed by atoms with Gasteiger partial charge in [0, 0.05) is 38.2 Å². The van der Waals surface area contributed by atoms with Crippen molar-refractivity contribution in [3.05, 3.63) is 18.2 Å². The Balaban J connectivity index is 1.74. The highest BCUT2D eigenvalue weighted by Gasteiger charge is 2.35. The Morgan fingerprint density at radius 1 is 1.08 bits per heavy atom. The summed E-state index contributed by atoms with van der Waals surface area (Å²) in [6, 6.07) is 4.72. The van der Waals surface area contributed by atoms with Crippen molar-refractivity contribution in [2.45, 2.75) is 24.2 Å². The van der Waals surface area contributed by atoms with Gasteiger partial charge >= 0.3 is 0 Å². The van der Waals surface area contributed by atoms with E-state index in [1.54, 1.807) is 17.0 Å². The summed E-state index contributed by atoms with van der Waals surface area (Å²) in [5.74, 6) is 1.05. The highest BCUT2D eigenvalue weighted by Crippen LogP contribution is 2.32. The molecule has 0 bridgehead atoms. The van der Waals surface area contributed by atoms with E-state index in [0.29, 0.717) is 31.9 Å². The standard InChI is InChI=1S/C17H24N2O5S/c1-23-14-6-7-15(24-2)16(12-14)25(21,22)19-10-8-18(9-11-19)17(20)13-4-3-5-13/h6-7,12-13H,3-5,8-11H2,1-2H3. The van der Waals surface area contributed by atoms with Crippen LogP contribution in [0.3, 0.4) is 0 Å². The second-order valence-corrected chi connectivity index (χ2v) is 8.28. The number of piperazine rings is 1. The average Bonchev–Trinajstić information content (AvgIpc) is 2.59. The van der Waals surface area contributed by atoms with E-state index in [0.717, 1.165) is 19.3 Å². The maximum absolute atomic E-state index is 13.0. The summed E-state index contributed by atoms with van der Waals surface area (Å²) in [4.78, 5) is 14.2. The molecule has 1 amide bonds. The molecule has 2 fully saturated rings. The van der Waals surface area contributed by atoms with Gasteiger partial charge in [-0.3, -0.25) is 4.79 Å². The van der Waals surface area contributed by atoms with Crippen molar-refractivity contribution in [2.24, 2.45) is 5.92 Å². The second kappa shape index (κ2) is 7.21. The molecule has 1 aliphatic carbocycles. The number of sulfonamides is 1. The maximum Gasteiger partial charge on any atom is 0.247 e. The highest BCUT2D eigenvalue weighted by molar-refractivity contribution is 7.89. The summed E-state index contributed by atoms with van der Waals surface area (Å²) in [5.41, 5.74) is 0. The Bertz CT molecular complexity index is 737. The van der Waals surface area contributed by atoms with Gasteiger partial charge in [0.25, 0.3) is 0 Å². The number of rotatable bonds is 5. The van der Waals surface area contributed by atoms with E-state index in [-0.39, 0.29) is 22.5 Å². The van der Waals surface area contributed by atoms with E-state index >= 15 is 0 Å². The van der Waals surface area contributed by atoms with Crippen LogP contribution < -0.4 is 9.47 Å². The quantitative estimate of drug-likeness (QED) is 0.784.